The number of nitrogens with one attached hydrogen (secondary N) is 1. The van der Waals surface area contributed by atoms with Crippen molar-refractivity contribution in [1.29, 1.82) is 0 Å². The fourth-order valence-corrected chi connectivity index (χ4v) is 1.64. The zero-order chi connectivity index (χ0) is 13.0. The first-order valence-corrected chi connectivity index (χ1v) is 6.00. The summed E-state index contributed by atoms with van der Waals surface area (Å²) >= 11 is 4.09. The number of aromatic nitrogens is 2. The molecule has 1 aromatic carbocycles. The SMILES string of the molecule is O=C(O)c1cc(-c2ccc(C=CCS)cc2)n[nH]1. The molecule has 0 saturated heterocycles. The summed E-state index contributed by atoms with van der Waals surface area (Å²) in [4.78, 5) is 10.7. The van der Waals surface area contributed by atoms with Crippen molar-refractivity contribution >= 4 is 24.7 Å². The third-order valence-electron chi connectivity index (χ3n) is 2.43. The monoisotopic (exact) mass is 260 g/mol. The Labute approximate surface area is 110 Å². The van der Waals surface area contributed by atoms with Crippen LogP contribution < -0.4 is 0 Å². The molecule has 1 aromatic heterocycles. The van der Waals surface area contributed by atoms with Crippen molar-refractivity contribution in [3.05, 3.63) is 47.7 Å². The normalized spacial score (nSPS) is 10.9. The lowest BCUT2D eigenvalue weighted by Crippen LogP contribution is -1.95. The third kappa shape index (κ3) is 2.81. The van der Waals surface area contributed by atoms with Crippen molar-refractivity contribution in [2.45, 2.75) is 0 Å². The molecule has 0 spiro atoms. The minimum atomic E-state index is -1.01. The Bertz CT molecular complexity index is 573. The molecular formula is C13H12N2O2S. The number of rotatable bonds is 4. The Morgan fingerprint density at radius 2 is 2.11 bits per heavy atom. The maximum atomic E-state index is 10.7. The molecule has 2 aromatic rings. The molecule has 1 heterocycles. The van der Waals surface area contributed by atoms with E-state index in [1.165, 1.54) is 6.07 Å². The maximum Gasteiger partial charge on any atom is 0.353 e. The van der Waals surface area contributed by atoms with E-state index in [0.717, 1.165) is 11.1 Å². The van der Waals surface area contributed by atoms with Gasteiger partial charge in [-0.05, 0) is 11.6 Å². The van der Waals surface area contributed by atoms with Gasteiger partial charge in [0.15, 0.2) is 0 Å². The molecule has 0 unspecified atom stereocenters. The van der Waals surface area contributed by atoms with Crippen LogP contribution >= 0.6 is 12.6 Å². The Hall–Kier alpha value is -2.01. The van der Waals surface area contributed by atoms with Crippen LogP contribution in [0.2, 0.25) is 0 Å². The van der Waals surface area contributed by atoms with Gasteiger partial charge in [-0.3, -0.25) is 5.10 Å². The van der Waals surface area contributed by atoms with Crippen LogP contribution in [0.3, 0.4) is 0 Å². The molecule has 0 aliphatic heterocycles. The summed E-state index contributed by atoms with van der Waals surface area (Å²) in [7, 11) is 0. The highest BCUT2D eigenvalue weighted by molar-refractivity contribution is 7.80. The van der Waals surface area contributed by atoms with Crippen molar-refractivity contribution in [2.24, 2.45) is 0 Å². The van der Waals surface area contributed by atoms with Crippen molar-refractivity contribution in [3.8, 4) is 11.3 Å². The molecule has 2 N–H and O–H groups in total. The average Bonchev–Trinajstić information content (AvgIpc) is 2.87. The molecule has 0 fully saturated rings. The molecule has 0 saturated carbocycles. The Morgan fingerprint density at radius 1 is 1.39 bits per heavy atom. The third-order valence-corrected chi connectivity index (χ3v) is 2.64. The van der Waals surface area contributed by atoms with Crippen LogP contribution in [-0.2, 0) is 0 Å². The summed E-state index contributed by atoms with van der Waals surface area (Å²) in [5.41, 5.74) is 2.66. The lowest BCUT2D eigenvalue weighted by molar-refractivity contribution is 0.0690. The number of benzene rings is 1. The van der Waals surface area contributed by atoms with Gasteiger partial charge < -0.3 is 5.11 Å². The van der Waals surface area contributed by atoms with Crippen molar-refractivity contribution in [2.75, 3.05) is 5.75 Å². The van der Waals surface area contributed by atoms with Crippen LogP contribution in [0.15, 0.2) is 36.4 Å². The lowest BCUT2D eigenvalue weighted by atomic mass is 10.1. The molecule has 0 aliphatic rings. The van der Waals surface area contributed by atoms with Crippen LogP contribution in [0.4, 0.5) is 0 Å². The quantitative estimate of drug-likeness (QED) is 0.740. The Morgan fingerprint density at radius 3 is 2.67 bits per heavy atom. The van der Waals surface area contributed by atoms with Crippen molar-refractivity contribution in [3.63, 3.8) is 0 Å². The number of nitrogens with zero attached hydrogens (tertiary/aromatic N) is 1. The number of thiol groups is 1. The van der Waals surface area contributed by atoms with Crippen molar-refractivity contribution < 1.29 is 9.90 Å². The summed E-state index contributed by atoms with van der Waals surface area (Å²) in [6.45, 7) is 0. The molecule has 2 rings (SSSR count). The van der Waals surface area contributed by atoms with Crippen LogP contribution in [0, 0.1) is 0 Å². The minimum absolute atomic E-state index is 0.0871. The van der Waals surface area contributed by atoms with E-state index in [4.69, 9.17) is 5.11 Å². The highest BCUT2D eigenvalue weighted by atomic mass is 32.1. The highest BCUT2D eigenvalue weighted by Crippen LogP contribution is 2.18. The van der Waals surface area contributed by atoms with Gasteiger partial charge in [0.05, 0.1) is 5.69 Å². The average molecular weight is 260 g/mol. The molecule has 18 heavy (non-hydrogen) atoms. The van der Waals surface area contributed by atoms with E-state index in [9.17, 15) is 4.79 Å². The second-order valence-corrected chi connectivity index (χ2v) is 4.04. The van der Waals surface area contributed by atoms with Gasteiger partial charge in [-0.25, -0.2) is 4.79 Å². The molecule has 4 nitrogen and oxygen atoms in total. The number of carboxylic acid groups (broad SMARTS) is 1. The molecule has 0 bridgehead atoms. The second kappa shape index (κ2) is 5.55. The summed E-state index contributed by atoms with van der Waals surface area (Å²) in [6.07, 6.45) is 3.93. The number of carbonyl (C=O) groups is 1. The Kier molecular flexibility index (Phi) is 3.84. The molecule has 0 amide bonds. The topological polar surface area (TPSA) is 66.0 Å². The van der Waals surface area contributed by atoms with E-state index in [-0.39, 0.29) is 5.69 Å². The van der Waals surface area contributed by atoms with Crippen LogP contribution in [0.1, 0.15) is 16.1 Å². The molecule has 5 heteroatoms. The standard InChI is InChI=1S/C13H12N2O2S/c16-13(17)12-8-11(14-15-12)10-5-3-9(4-6-10)2-1-7-18/h1-6,8,18H,7H2,(H,14,15)(H,16,17). The fourth-order valence-electron chi connectivity index (χ4n) is 1.53. The molecule has 0 radical (unpaired) electrons. The first kappa shape index (κ1) is 12.4. The summed E-state index contributed by atoms with van der Waals surface area (Å²) in [5, 5.41) is 15.2. The summed E-state index contributed by atoms with van der Waals surface area (Å²) in [6, 6.07) is 9.22. The van der Waals surface area contributed by atoms with Crippen LogP contribution in [0.25, 0.3) is 17.3 Å². The maximum absolute atomic E-state index is 10.7. The zero-order valence-electron chi connectivity index (χ0n) is 9.50. The van der Waals surface area contributed by atoms with Gasteiger partial charge in [-0.15, -0.1) is 0 Å². The first-order valence-electron chi connectivity index (χ1n) is 5.37. The molecule has 92 valence electrons. The summed E-state index contributed by atoms with van der Waals surface area (Å²) < 4.78 is 0. The summed E-state index contributed by atoms with van der Waals surface area (Å²) in [5.74, 6) is -0.314. The largest absolute Gasteiger partial charge is 0.477 e. The van der Waals surface area contributed by atoms with Crippen LogP contribution in [0.5, 0.6) is 0 Å². The van der Waals surface area contributed by atoms with E-state index in [0.29, 0.717) is 11.4 Å². The Balaban J connectivity index is 2.23. The van der Waals surface area contributed by atoms with E-state index >= 15 is 0 Å². The fraction of sp³-hybridized carbons (Fsp3) is 0.0769. The smallest absolute Gasteiger partial charge is 0.353 e. The van der Waals surface area contributed by atoms with E-state index < -0.39 is 5.97 Å². The van der Waals surface area contributed by atoms with Gasteiger partial charge in [0.2, 0.25) is 0 Å². The lowest BCUT2D eigenvalue weighted by Gasteiger charge is -1.97. The van der Waals surface area contributed by atoms with Gasteiger partial charge in [0.25, 0.3) is 0 Å². The molecule has 0 atom stereocenters. The van der Waals surface area contributed by atoms with Gasteiger partial charge in [0, 0.05) is 11.3 Å². The predicted molar refractivity (Wildman–Crippen MR) is 73.9 cm³/mol. The van der Waals surface area contributed by atoms with Gasteiger partial charge in [-0.2, -0.15) is 17.7 Å². The van der Waals surface area contributed by atoms with Crippen LogP contribution in [-0.4, -0.2) is 27.0 Å². The second-order valence-electron chi connectivity index (χ2n) is 3.68. The van der Waals surface area contributed by atoms with E-state index in [2.05, 4.69) is 22.8 Å². The first-order chi connectivity index (χ1) is 8.70. The van der Waals surface area contributed by atoms with Gasteiger partial charge in [0.1, 0.15) is 5.69 Å². The van der Waals surface area contributed by atoms with E-state index in [1.807, 2.05) is 36.4 Å². The van der Waals surface area contributed by atoms with E-state index in [1.54, 1.807) is 0 Å². The highest BCUT2D eigenvalue weighted by Gasteiger charge is 2.08. The number of hydrogen-bond acceptors (Lipinski definition) is 3. The zero-order valence-corrected chi connectivity index (χ0v) is 10.4. The van der Waals surface area contributed by atoms with Crippen molar-refractivity contribution in [1.82, 2.24) is 10.2 Å². The molecule has 0 aliphatic carbocycles. The number of H-pyrrole nitrogens is 1. The minimum Gasteiger partial charge on any atom is -0.477 e. The number of aromatic amines is 1. The van der Waals surface area contributed by atoms with Gasteiger partial charge in [-0.1, -0.05) is 36.4 Å². The predicted octanol–water partition coefficient (Wildman–Crippen LogP) is 2.72. The molecular weight excluding hydrogens is 248 g/mol. The number of hydrogen-bond donors (Lipinski definition) is 3. The number of aromatic carboxylic acids is 1. The van der Waals surface area contributed by atoms with Gasteiger partial charge >= 0.3 is 5.97 Å². The number of carboxylic acids is 1.